The summed E-state index contributed by atoms with van der Waals surface area (Å²) in [6, 6.07) is 5.64. The molecule has 1 aromatic heterocycles. The molecule has 17 heavy (non-hydrogen) atoms. The third kappa shape index (κ3) is 3.49. The van der Waals surface area contributed by atoms with Crippen LogP contribution in [0.25, 0.3) is 0 Å². The van der Waals surface area contributed by atoms with Crippen molar-refractivity contribution >= 4 is 10.2 Å². The Morgan fingerprint density at radius 3 is 2.71 bits per heavy atom. The monoisotopic (exact) mass is 255 g/mol. The Morgan fingerprint density at radius 1 is 1.29 bits per heavy atom. The summed E-state index contributed by atoms with van der Waals surface area (Å²) in [4.78, 5) is 4.15. The minimum Gasteiger partial charge on any atom is -0.261 e. The van der Waals surface area contributed by atoms with Crippen LogP contribution in [0.5, 0.6) is 0 Å². The van der Waals surface area contributed by atoms with Gasteiger partial charge in [-0.1, -0.05) is 6.07 Å². The summed E-state index contributed by atoms with van der Waals surface area (Å²) >= 11 is 0. The fourth-order valence-electron chi connectivity index (χ4n) is 1.87. The summed E-state index contributed by atoms with van der Waals surface area (Å²) < 4.78 is 27.7. The summed E-state index contributed by atoms with van der Waals surface area (Å²) in [6.07, 6.45) is 4.25. The normalized spacial score (nSPS) is 17.4. The molecule has 0 atom stereocenters. The molecule has 1 N–H and O–H groups in total. The van der Waals surface area contributed by atoms with Gasteiger partial charge in [-0.2, -0.15) is 12.7 Å². The smallest absolute Gasteiger partial charge is 0.261 e. The van der Waals surface area contributed by atoms with Gasteiger partial charge >= 0.3 is 0 Å². The number of nitrogens with zero attached hydrogens (tertiary/aromatic N) is 2. The molecule has 6 heteroatoms. The van der Waals surface area contributed by atoms with Crippen molar-refractivity contribution in [3.63, 3.8) is 0 Å². The lowest BCUT2D eigenvalue weighted by Gasteiger charge is -2.15. The predicted octanol–water partition coefficient (Wildman–Crippen LogP) is 0.554. The summed E-state index contributed by atoms with van der Waals surface area (Å²) in [6.45, 7) is 1.67. The van der Waals surface area contributed by atoms with Crippen LogP contribution in [0.1, 0.15) is 18.5 Å². The first-order chi connectivity index (χ1) is 8.18. The molecule has 1 fully saturated rings. The van der Waals surface area contributed by atoms with Crippen LogP contribution in [0, 0.1) is 0 Å². The van der Waals surface area contributed by atoms with E-state index in [2.05, 4.69) is 9.71 Å². The average Bonchev–Trinajstić information content (AvgIpc) is 2.84. The highest BCUT2D eigenvalue weighted by molar-refractivity contribution is 7.87. The first kappa shape index (κ1) is 12.5. The van der Waals surface area contributed by atoms with Crippen LogP contribution in [-0.4, -0.2) is 37.3 Å². The van der Waals surface area contributed by atoms with Crippen LogP contribution in [0.3, 0.4) is 0 Å². The average molecular weight is 255 g/mol. The first-order valence-corrected chi connectivity index (χ1v) is 7.27. The predicted molar refractivity (Wildman–Crippen MR) is 65.7 cm³/mol. The van der Waals surface area contributed by atoms with E-state index in [4.69, 9.17) is 0 Å². The van der Waals surface area contributed by atoms with Gasteiger partial charge in [-0.3, -0.25) is 4.98 Å². The molecule has 1 aromatic rings. The van der Waals surface area contributed by atoms with Gasteiger partial charge in [0.2, 0.25) is 0 Å². The molecule has 0 aliphatic carbocycles. The maximum atomic E-state index is 11.8. The molecular weight excluding hydrogens is 238 g/mol. The van der Waals surface area contributed by atoms with Crippen LogP contribution in [0.4, 0.5) is 0 Å². The molecule has 94 valence electrons. The third-order valence-electron chi connectivity index (χ3n) is 2.80. The number of nitrogens with one attached hydrogen (secondary N) is 1. The lowest BCUT2D eigenvalue weighted by Crippen LogP contribution is -2.39. The maximum Gasteiger partial charge on any atom is 0.279 e. The Labute approximate surface area is 102 Å². The second-order valence-electron chi connectivity index (χ2n) is 4.08. The van der Waals surface area contributed by atoms with Crippen LogP contribution in [0.15, 0.2) is 24.4 Å². The van der Waals surface area contributed by atoms with Crippen LogP contribution in [0.2, 0.25) is 0 Å². The third-order valence-corrected chi connectivity index (χ3v) is 4.41. The van der Waals surface area contributed by atoms with Crippen molar-refractivity contribution in [3.05, 3.63) is 30.1 Å². The molecule has 0 amide bonds. The minimum atomic E-state index is -3.27. The zero-order chi connectivity index (χ0) is 12.1. The summed E-state index contributed by atoms with van der Waals surface area (Å²) in [5.74, 6) is 0. The molecule has 0 radical (unpaired) electrons. The lowest BCUT2D eigenvalue weighted by atomic mass is 10.3. The van der Waals surface area contributed by atoms with Crippen LogP contribution in [-0.2, 0) is 16.6 Å². The van der Waals surface area contributed by atoms with E-state index in [1.54, 1.807) is 6.20 Å². The Kier molecular flexibility index (Phi) is 4.09. The quantitative estimate of drug-likeness (QED) is 0.836. The van der Waals surface area contributed by atoms with Crippen molar-refractivity contribution in [2.24, 2.45) is 0 Å². The highest BCUT2D eigenvalue weighted by Gasteiger charge is 2.24. The molecule has 2 heterocycles. The van der Waals surface area contributed by atoms with E-state index in [1.807, 2.05) is 18.2 Å². The standard InChI is InChI=1S/C11H17N3O2S/c15-17(16,14-9-3-4-10-14)13-8-6-11-5-1-2-7-12-11/h1-2,5,7,13H,3-4,6,8-10H2. The highest BCUT2D eigenvalue weighted by Crippen LogP contribution is 2.10. The van der Waals surface area contributed by atoms with Gasteiger partial charge in [0.25, 0.3) is 10.2 Å². The summed E-state index contributed by atoms with van der Waals surface area (Å²) in [7, 11) is -3.27. The number of hydrogen-bond donors (Lipinski definition) is 1. The minimum absolute atomic E-state index is 0.399. The van der Waals surface area contributed by atoms with E-state index >= 15 is 0 Å². The lowest BCUT2D eigenvalue weighted by molar-refractivity contribution is 0.465. The van der Waals surface area contributed by atoms with Gasteiger partial charge in [0, 0.05) is 37.9 Å². The van der Waals surface area contributed by atoms with E-state index in [0.717, 1.165) is 18.5 Å². The van der Waals surface area contributed by atoms with Gasteiger partial charge in [-0.15, -0.1) is 0 Å². The zero-order valence-corrected chi connectivity index (χ0v) is 10.5. The van der Waals surface area contributed by atoms with E-state index in [-0.39, 0.29) is 0 Å². The Bertz CT molecular complexity index is 441. The second-order valence-corrected chi connectivity index (χ2v) is 5.83. The molecule has 1 saturated heterocycles. The van der Waals surface area contributed by atoms with Gasteiger partial charge in [-0.25, -0.2) is 4.72 Å². The molecule has 0 saturated carbocycles. The fourth-order valence-corrected chi connectivity index (χ4v) is 3.16. The van der Waals surface area contributed by atoms with Gasteiger partial charge in [-0.05, 0) is 25.0 Å². The SMILES string of the molecule is O=S(=O)(NCCc1ccccn1)N1CCCC1. The van der Waals surface area contributed by atoms with Crippen molar-refractivity contribution in [2.45, 2.75) is 19.3 Å². The van der Waals surface area contributed by atoms with Crippen molar-refractivity contribution in [1.82, 2.24) is 14.0 Å². The number of hydrogen-bond acceptors (Lipinski definition) is 3. The molecule has 1 aliphatic rings. The molecule has 5 nitrogen and oxygen atoms in total. The van der Waals surface area contributed by atoms with Crippen molar-refractivity contribution < 1.29 is 8.42 Å². The fraction of sp³-hybridized carbons (Fsp3) is 0.545. The van der Waals surface area contributed by atoms with Crippen molar-refractivity contribution in [2.75, 3.05) is 19.6 Å². The zero-order valence-electron chi connectivity index (χ0n) is 9.67. The molecule has 0 aromatic carbocycles. The second kappa shape index (κ2) is 5.57. The van der Waals surface area contributed by atoms with Crippen molar-refractivity contribution in [3.8, 4) is 0 Å². The Hall–Kier alpha value is -0.980. The van der Waals surface area contributed by atoms with E-state index in [0.29, 0.717) is 26.1 Å². The molecule has 0 spiro atoms. The Balaban J connectivity index is 1.82. The van der Waals surface area contributed by atoms with Crippen LogP contribution >= 0.6 is 0 Å². The number of rotatable bonds is 5. The highest BCUT2D eigenvalue weighted by atomic mass is 32.2. The van der Waals surface area contributed by atoms with Gasteiger partial charge < -0.3 is 0 Å². The van der Waals surface area contributed by atoms with E-state index < -0.39 is 10.2 Å². The first-order valence-electron chi connectivity index (χ1n) is 5.83. The van der Waals surface area contributed by atoms with E-state index in [1.165, 1.54) is 4.31 Å². The van der Waals surface area contributed by atoms with Gasteiger partial charge in [0.05, 0.1) is 0 Å². The van der Waals surface area contributed by atoms with Gasteiger partial charge in [0.1, 0.15) is 0 Å². The molecule has 0 bridgehead atoms. The Morgan fingerprint density at radius 2 is 2.06 bits per heavy atom. The van der Waals surface area contributed by atoms with E-state index in [9.17, 15) is 8.42 Å². The topological polar surface area (TPSA) is 62.3 Å². The summed E-state index contributed by atoms with van der Waals surface area (Å²) in [5, 5.41) is 0. The number of pyridine rings is 1. The summed E-state index contributed by atoms with van der Waals surface area (Å²) in [5.41, 5.74) is 0.900. The number of aromatic nitrogens is 1. The molecule has 0 unspecified atom stereocenters. The largest absolute Gasteiger partial charge is 0.279 e. The van der Waals surface area contributed by atoms with Gasteiger partial charge in [0.15, 0.2) is 0 Å². The maximum absolute atomic E-state index is 11.8. The van der Waals surface area contributed by atoms with Crippen molar-refractivity contribution in [1.29, 1.82) is 0 Å². The molecule has 1 aliphatic heterocycles. The van der Waals surface area contributed by atoms with Crippen LogP contribution < -0.4 is 4.72 Å². The molecular formula is C11H17N3O2S. The molecule has 2 rings (SSSR count).